The van der Waals surface area contributed by atoms with Crippen molar-refractivity contribution in [2.75, 3.05) is 11.9 Å². The summed E-state index contributed by atoms with van der Waals surface area (Å²) in [6.07, 6.45) is 1.13. The Kier molecular flexibility index (Phi) is 8.47. The maximum atomic E-state index is 12.2. The van der Waals surface area contributed by atoms with Crippen LogP contribution >= 0.6 is 0 Å². The predicted octanol–water partition coefficient (Wildman–Crippen LogP) is 4.43. The van der Waals surface area contributed by atoms with Crippen LogP contribution in [-0.4, -0.2) is 30.0 Å². The van der Waals surface area contributed by atoms with Gasteiger partial charge in [0.05, 0.1) is 6.42 Å². The van der Waals surface area contributed by atoms with Gasteiger partial charge in [-0.15, -0.1) is 0 Å². The van der Waals surface area contributed by atoms with E-state index < -0.39 is 12.6 Å². The van der Waals surface area contributed by atoms with Crippen LogP contribution in [0.25, 0.3) is 0 Å². The Hall–Kier alpha value is -3.28. The van der Waals surface area contributed by atoms with Crippen molar-refractivity contribution in [2.45, 2.75) is 46.5 Å². The average molecular weight is 409 g/mol. The van der Waals surface area contributed by atoms with E-state index in [1.807, 2.05) is 26.8 Å². The summed E-state index contributed by atoms with van der Waals surface area (Å²) in [5.41, 5.74) is 3.66. The molecule has 0 bridgehead atoms. The molecule has 0 atom stereocenters. The van der Waals surface area contributed by atoms with Gasteiger partial charge in [0.1, 0.15) is 0 Å². The van der Waals surface area contributed by atoms with Gasteiger partial charge in [0, 0.05) is 29.7 Å². The molecule has 30 heavy (non-hydrogen) atoms. The minimum absolute atomic E-state index is 0.0294. The number of esters is 1. The molecule has 1 amide bonds. The van der Waals surface area contributed by atoms with Gasteiger partial charge in [-0.25, -0.2) is 0 Å². The van der Waals surface area contributed by atoms with Gasteiger partial charge < -0.3 is 10.1 Å². The number of benzene rings is 2. The molecule has 2 aromatic carbocycles. The molecule has 0 aliphatic carbocycles. The zero-order chi connectivity index (χ0) is 22.1. The van der Waals surface area contributed by atoms with Crippen molar-refractivity contribution in [1.82, 2.24) is 0 Å². The highest BCUT2D eigenvalue weighted by atomic mass is 16.5. The minimum Gasteiger partial charge on any atom is -0.457 e. The van der Waals surface area contributed by atoms with Gasteiger partial charge >= 0.3 is 5.97 Å². The van der Waals surface area contributed by atoms with Gasteiger partial charge in [0.2, 0.25) is 5.91 Å². The van der Waals surface area contributed by atoms with Crippen molar-refractivity contribution >= 4 is 29.1 Å². The van der Waals surface area contributed by atoms with Crippen LogP contribution in [-0.2, 0) is 14.3 Å². The first kappa shape index (κ1) is 23.0. The molecule has 6 nitrogen and oxygen atoms in total. The molecule has 0 saturated carbocycles. The third-order valence-corrected chi connectivity index (χ3v) is 4.72. The van der Waals surface area contributed by atoms with Crippen LogP contribution < -0.4 is 5.32 Å². The fourth-order valence-corrected chi connectivity index (χ4v) is 2.77. The fourth-order valence-electron chi connectivity index (χ4n) is 2.77. The van der Waals surface area contributed by atoms with E-state index in [9.17, 15) is 19.2 Å². The predicted molar refractivity (Wildman–Crippen MR) is 115 cm³/mol. The zero-order valence-electron chi connectivity index (χ0n) is 17.6. The highest BCUT2D eigenvalue weighted by Crippen LogP contribution is 2.13. The molecule has 0 aromatic heterocycles. The third kappa shape index (κ3) is 6.95. The molecule has 1 N–H and O–H groups in total. The number of Topliss-reactive ketones (excluding diaryl/α,β-unsaturated/α-hetero) is 2. The topological polar surface area (TPSA) is 89.5 Å². The van der Waals surface area contributed by atoms with Crippen molar-refractivity contribution in [3.63, 3.8) is 0 Å². The maximum absolute atomic E-state index is 12.2. The Balaban J connectivity index is 1.78. The summed E-state index contributed by atoms with van der Waals surface area (Å²) >= 11 is 0. The van der Waals surface area contributed by atoms with E-state index in [1.54, 1.807) is 36.4 Å². The first-order chi connectivity index (χ1) is 14.3. The quantitative estimate of drug-likeness (QED) is 0.463. The fraction of sp³-hybridized carbons (Fsp3) is 0.333. The molecular formula is C24H27NO5. The molecule has 158 valence electrons. The highest BCUT2D eigenvalue weighted by molar-refractivity contribution is 6.00. The number of ketones is 2. The number of aryl methyl sites for hydroxylation is 2. The molecule has 0 aliphatic heterocycles. The standard InChI is InChI=1S/C24H27NO5/c1-4-5-23(28)25-20-10-8-18(9-11-20)22(27)15-30-24(29)13-12-21(26)19-7-6-16(2)17(3)14-19/h6-11,14H,4-5,12-13,15H2,1-3H3,(H,25,28). The summed E-state index contributed by atoms with van der Waals surface area (Å²) in [5.74, 6) is -1.16. The number of rotatable bonds is 10. The van der Waals surface area contributed by atoms with Gasteiger partial charge in [-0.2, -0.15) is 0 Å². The van der Waals surface area contributed by atoms with Crippen LogP contribution in [0, 0.1) is 13.8 Å². The van der Waals surface area contributed by atoms with E-state index in [1.165, 1.54) is 0 Å². The molecule has 6 heteroatoms. The van der Waals surface area contributed by atoms with E-state index in [2.05, 4.69) is 5.32 Å². The first-order valence-electron chi connectivity index (χ1n) is 9.99. The van der Waals surface area contributed by atoms with Gasteiger partial charge in [-0.3, -0.25) is 19.2 Å². The molecule has 0 spiro atoms. The average Bonchev–Trinajstić information content (AvgIpc) is 2.72. The Morgan fingerprint density at radius 2 is 1.47 bits per heavy atom. The second-order valence-corrected chi connectivity index (χ2v) is 7.18. The number of carbonyl (C=O) groups excluding carboxylic acids is 4. The zero-order valence-corrected chi connectivity index (χ0v) is 17.6. The summed E-state index contributed by atoms with van der Waals surface area (Å²) in [6, 6.07) is 11.8. The Morgan fingerprint density at radius 3 is 2.10 bits per heavy atom. The number of amides is 1. The van der Waals surface area contributed by atoms with E-state index in [4.69, 9.17) is 4.74 Å². The van der Waals surface area contributed by atoms with Crippen molar-refractivity contribution in [3.8, 4) is 0 Å². The van der Waals surface area contributed by atoms with Crippen LogP contribution in [0.5, 0.6) is 0 Å². The van der Waals surface area contributed by atoms with Crippen LogP contribution in [0.3, 0.4) is 0 Å². The molecule has 0 aliphatic rings. The van der Waals surface area contributed by atoms with Gasteiger partial charge in [-0.1, -0.05) is 19.1 Å². The monoisotopic (exact) mass is 409 g/mol. The van der Waals surface area contributed by atoms with Crippen molar-refractivity contribution < 1.29 is 23.9 Å². The van der Waals surface area contributed by atoms with Crippen molar-refractivity contribution in [1.29, 1.82) is 0 Å². The summed E-state index contributed by atoms with van der Waals surface area (Å²) < 4.78 is 5.00. The van der Waals surface area contributed by atoms with E-state index in [-0.39, 0.29) is 30.3 Å². The SMILES string of the molecule is CCCC(=O)Nc1ccc(C(=O)COC(=O)CCC(=O)c2ccc(C)c(C)c2)cc1. The van der Waals surface area contributed by atoms with Gasteiger partial charge in [0.25, 0.3) is 0 Å². The van der Waals surface area contributed by atoms with Crippen LogP contribution in [0.4, 0.5) is 5.69 Å². The number of hydrogen-bond acceptors (Lipinski definition) is 5. The third-order valence-electron chi connectivity index (χ3n) is 4.72. The number of carbonyl (C=O) groups is 4. The molecule has 0 unspecified atom stereocenters. The Morgan fingerprint density at radius 1 is 0.800 bits per heavy atom. The van der Waals surface area contributed by atoms with Gasteiger partial charge in [0.15, 0.2) is 18.2 Å². The van der Waals surface area contributed by atoms with Crippen LogP contribution in [0.1, 0.15) is 64.4 Å². The number of nitrogens with one attached hydrogen (secondary N) is 1. The highest BCUT2D eigenvalue weighted by Gasteiger charge is 2.13. The number of anilines is 1. The molecular weight excluding hydrogens is 382 g/mol. The van der Waals surface area contributed by atoms with Gasteiger partial charge in [-0.05, 0) is 61.7 Å². The largest absolute Gasteiger partial charge is 0.457 e. The smallest absolute Gasteiger partial charge is 0.306 e. The first-order valence-corrected chi connectivity index (χ1v) is 9.99. The van der Waals surface area contributed by atoms with Crippen LogP contribution in [0.2, 0.25) is 0 Å². The second-order valence-electron chi connectivity index (χ2n) is 7.18. The van der Waals surface area contributed by atoms with Crippen molar-refractivity contribution in [2.24, 2.45) is 0 Å². The molecule has 2 rings (SSSR count). The van der Waals surface area contributed by atoms with E-state index in [0.29, 0.717) is 23.2 Å². The molecule has 0 heterocycles. The summed E-state index contributed by atoms with van der Waals surface area (Å²) in [4.78, 5) is 47.9. The second kappa shape index (κ2) is 11.0. The lowest BCUT2D eigenvalue weighted by atomic mass is 10.0. The van der Waals surface area contributed by atoms with E-state index >= 15 is 0 Å². The lowest BCUT2D eigenvalue weighted by molar-refractivity contribution is -0.142. The molecule has 2 aromatic rings. The van der Waals surface area contributed by atoms with E-state index in [0.717, 1.165) is 17.5 Å². The lowest BCUT2D eigenvalue weighted by Crippen LogP contribution is -2.15. The molecule has 0 fully saturated rings. The number of ether oxygens (including phenoxy) is 1. The minimum atomic E-state index is -0.594. The number of hydrogen-bond donors (Lipinski definition) is 1. The lowest BCUT2D eigenvalue weighted by Gasteiger charge is -2.07. The van der Waals surface area contributed by atoms with Crippen LogP contribution in [0.15, 0.2) is 42.5 Å². The Bertz CT molecular complexity index is 931. The maximum Gasteiger partial charge on any atom is 0.306 e. The molecule has 0 saturated heterocycles. The molecule has 0 radical (unpaired) electrons. The summed E-state index contributed by atoms with van der Waals surface area (Å²) in [5, 5.41) is 2.74. The Labute approximate surface area is 176 Å². The summed E-state index contributed by atoms with van der Waals surface area (Å²) in [7, 11) is 0. The summed E-state index contributed by atoms with van der Waals surface area (Å²) in [6.45, 7) is 5.42. The van der Waals surface area contributed by atoms with Crippen molar-refractivity contribution in [3.05, 3.63) is 64.7 Å². The normalized spacial score (nSPS) is 10.4.